The highest BCUT2D eigenvalue weighted by atomic mass is 16.6. The van der Waals surface area contributed by atoms with E-state index in [1.54, 1.807) is 13.0 Å². The van der Waals surface area contributed by atoms with Crippen LogP contribution in [0.3, 0.4) is 0 Å². The number of ether oxygens (including phenoxy) is 1. The highest BCUT2D eigenvalue weighted by Gasteiger charge is 2.25. The number of hydrogen-bond donors (Lipinski definition) is 0. The Morgan fingerprint density at radius 1 is 1.62 bits per heavy atom. The Morgan fingerprint density at radius 2 is 2.31 bits per heavy atom. The van der Waals surface area contributed by atoms with Gasteiger partial charge in [-0.2, -0.15) is 0 Å². The van der Waals surface area contributed by atoms with E-state index in [4.69, 9.17) is 4.74 Å². The molecule has 2 rings (SSSR count). The molecule has 68 valence electrons. The van der Waals surface area contributed by atoms with Crippen molar-refractivity contribution in [2.24, 2.45) is 0 Å². The van der Waals surface area contributed by atoms with Crippen LogP contribution in [0.2, 0.25) is 0 Å². The van der Waals surface area contributed by atoms with Crippen LogP contribution >= 0.6 is 0 Å². The molecule has 0 amide bonds. The van der Waals surface area contributed by atoms with Gasteiger partial charge < -0.3 is 4.74 Å². The third-order valence-corrected chi connectivity index (χ3v) is 2.12. The van der Waals surface area contributed by atoms with Crippen molar-refractivity contribution in [2.75, 3.05) is 6.61 Å². The van der Waals surface area contributed by atoms with Gasteiger partial charge in [0.15, 0.2) is 0 Å². The molecular weight excluding hydrogens is 170 g/mol. The molecular formula is C9H9NO3. The number of rotatable bonds is 2. The Morgan fingerprint density at radius 3 is 2.77 bits per heavy atom. The van der Waals surface area contributed by atoms with Gasteiger partial charge in [0.2, 0.25) is 0 Å². The van der Waals surface area contributed by atoms with Gasteiger partial charge in [0.25, 0.3) is 5.69 Å². The Bertz CT molecular complexity index is 358. The standard InChI is InChI=1S/C9H9NO3/c1-6-4-7(9-5-13-9)2-3-8(6)10(11)12/h2-4,9H,5H2,1H3/t9-/m1/s1. The molecule has 0 aliphatic carbocycles. The minimum absolute atomic E-state index is 0.166. The third-order valence-electron chi connectivity index (χ3n) is 2.12. The molecule has 1 aliphatic rings. The van der Waals surface area contributed by atoms with Gasteiger partial charge in [0, 0.05) is 11.6 Å². The molecule has 1 aromatic carbocycles. The Balaban J connectivity index is 2.36. The van der Waals surface area contributed by atoms with Crippen LogP contribution < -0.4 is 0 Å². The smallest absolute Gasteiger partial charge is 0.272 e. The number of nitrogens with zero attached hydrogens (tertiary/aromatic N) is 1. The highest BCUT2D eigenvalue weighted by Crippen LogP contribution is 2.32. The normalized spacial score (nSPS) is 19.9. The van der Waals surface area contributed by atoms with E-state index in [2.05, 4.69) is 0 Å². The van der Waals surface area contributed by atoms with Gasteiger partial charge in [-0.1, -0.05) is 0 Å². The first kappa shape index (κ1) is 8.19. The summed E-state index contributed by atoms with van der Waals surface area (Å²) in [5.74, 6) is 0. The third kappa shape index (κ3) is 1.53. The lowest BCUT2D eigenvalue weighted by atomic mass is 10.1. The molecule has 0 spiro atoms. The molecule has 0 radical (unpaired) electrons. The van der Waals surface area contributed by atoms with E-state index in [0.29, 0.717) is 5.56 Å². The average Bonchev–Trinajstić information content (AvgIpc) is 2.85. The zero-order chi connectivity index (χ0) is 9.42. The zero-order valence-corrected chi connectivity index (χ0v) is 7.19. The summed E-state index contributed by atoms with van der Waals surface area (Å²) in [5.41, 5.74) is 1.89. The lowest BCUT2D eigenvalue weighted by molar-refractivity contribution is -0.385. The molecule has 1 aromatic rings. The van der Waals surface area contributed by atoms with Crippen LogP contribution in [0.15, 0.2) is 18.2 Å². The molecule has 1 fully saturated rings. The molecule has 0 N–H and O–H groups in total. The van der Waals surface area contributed by atoms with Crippen LogP contribution in [-0.4, -0.2) is 11.5 Å². The highest BCUT2D eigenvalue weighted by molar-refractivity contribution is 5.42. The maximum atomic E-state index is 10.5. The lowest BCUT2D eigenvalue weighted by Crippen LogP contribution is -1.92. The van der Waals surface area contributed by atoms with Crippen LogP contribution in [0.5, 0.6) is 0 Å². The fraction of sp³-hybridized carbons (Fsp3) is 0.333. The summed E-state index contributed by atoms with van der Waals surface area (Å²) in [6.45, 7) is 2.47. The number of nitro benzene ring substituents is 1. The van der Waals surface area contributed by atoms with E-state index in [9.17, 15) is 10.1 Å². The molecule has 4 nitrogen and oxygen atoms in total. The minimum Gasteiger partial charge on any atom is -0.368 e. The van der Waals surface area contributed by atoms with Crippen LogP contribution in [-0.2, 0) is 4.74 Å². The topological polar surface area (TPSA) is 55.7 Å². The molecule has 1 atom stereocenters. The maximum absolute atomic E-state index is 10.5. The van der Waals surface area contributed by atoms with Gasteiger partial charge in [-0.25, -0.2) is 0 Å². The fourth-order valence-corrected chi connectivity index (χ4v) is 1.32. The summed E-state index contributed by atoms with van der Waals surface area (Å²) in [4.78, 5) is 10.1. The predicted octanol–water partition coefficient (Wildman–Crippen LogP) is 1.97. The summed E-state index contributed by atoms with van der Waals surface area (Å²) in [7, 11) is 0. The first-order valence-electron chi connectivity index (χ1n) is 4.05. The molecule has 0 bridgehead atoms. The van der Waals surface area contributed by atoms with Crippen LogP contribution in [0, 0.1) is 17.0 Å². The zero-order valence-electron chi connectivity index (χ0n) is 7.19. The summed E-state index contributed by atoms with van der Waals surface area (Å²) in [5, 5.41) is 10.5. The van der Waals surface area contributed by atoms with Gasteiger partial charge in [0.05, 0.1) is 11.5 Å². The van der Waals surface area contributed by atoms with Crippen molar-refractivity contribution >= 4 is 5.69 Å². The van der Waals surface area contributed by atoms with Crippen LogP contribution in [0.1, 0.15) is 17.2 Å². The van der Waals surface area contributed by atoms with E-state index in [1.807, 2.05) is 6.07 Å². The average molecular weight is 179 g/mol. The van der Waals surface area contributed by atoms with Crippen molar-refractivity contribution in [2.45, 2.75) is 13.0 Å². The van der Waals surface area contributed by atoms with Gasteiger partial charge >= 0.3 is 0 Å². The SMILES string of the molecule is Cc1cc([C@H]2CO2)ccc1[N+](=O)[O-]. The van der Waals surface area contributed by atoms with Gasteiger partial charge in [0.1, 0.15) is 6.10 Å². The Labute approximate surface area is 75.3 Å². The first-order chi connectivity index (χ1) is 6.18. The summed E-state index contributed by atoms with van der Waals surface area (Å²) >= 11 is 0. The number of benzene rings is 1. The van der Waals surface area contributed by atoms with Gasteiger partial charge in [-0.05, 0) is 24.6 Å². The van der Waals surface area contributed by atoms with Crippen molar-refractivity contribution in [1.29, 1.82) is 0 Å². The number of hydrogen-bond acceptors (Lipinski definition) is 3. The molecule has 1 aliphatic heterocycles. The minimum atomic E-state index is -0.368. The second-order valence-corrected chi connectivity index (χ2v) is 3.13. The second kappa shape index (κ2) is 2.81. The Kier molecular flexibility index (Phi) is 1.77. The molecule has 1 saturated heterocycles. The van der Waals surface area contributed by atoms with Crippen LogP contribution in [0.4, 0.5) is 5.69 Å². The molecule has 1 heterocycles. The number of epoxide rings is 1. The first-order valence-corrected chi connectivity index (χ1v) is 4.05. The quantitative estimate of drug-likeness (QED) is 0.396. The maximum Gasteiger partial charge on any atom is 0.272 e. The molecule has 0 unspecified atom stereocenters. The van der Waals surface area contributed by atoms with Gasteiger partial charge in [-0.15, -0.1) is 0 Å². The lowest BCUT2D eigenvalue weighted by Gasteiger charge is -1.99. The van der Waals surface area contributed by atoms with Crippen molar-refractivity contribution in [3.63, 3.8) is 0 Å². The van der Waals surface area contributed by atoms with Crippen LogP contribution in [0.25, 0.3) is 0 Å². The Hall–Kier alpha value is -1.42. The summed E-state index contributed by atoms with van der Waals surface area (Å²) in [6.07, 6.45) is 0.166. The molecule has 4 heteroatoms. The van der Waals surface area contributed by atoms with E-state index in [-0.39, 0.29) is 16.7 Å². The van der Waals surface area contributed by atoms with Crippen molar-refractivity contribution in [3.05, 3.63) is 39.4 Å². The number of aryl methyl sites for hydroxylation is 1. The van der Waals surface area contributed by atoms with Crippen molar-refractivity contribution in [1.82, 2.24) is 0 Å². The van der Waals surface area contributed by atoms with E-state index in [0.717, 1.165) is 12.2 Å². The largest absolute Gasteiger partial charge is 0.368 e. The molecule has 0 saturated carbocycles. The van der Waals surface area contributed by atoms with E-state index >= 15 is 0 Å². The molecule has 13 heavy (non-hydrogen) atoms. The summed E-state index contributed by atoms with van der Waals surface area (Å²) in [6, 6.07) is 5.10. The number of nitro groups is 1. The second-order valence-electron chi connectivity index (χ2n) is 3.13. The van der Waals surface area contributed by atoms with Gasteiger partial charge in [-0.3, -0.25) is 10.1 Å². The van der Waals surface area contributed by atoms with E-state index in [1.165, 1.54) is 6.07 Å². The summed E-state index contributed by atoms with van der Waals surface area (Å²) < 4.78 is 5.08. The predicted molar refractivity (Wildman–Crippen MR) is 46.5 cm³/mol. The van der Waals surface area contributed by atoms with E-state index < -0.39 is 0 Å². The van der Waals surface area contributed by atoms with Crippen molar-refractivity contribution < 1.29 is 9.66 Å². The monoisotopic (exact) mass is 179 g/mol. The molecule has 0 aromatic heterocycles. The fourth-order valence-electron chi connectivity index (χ4n) is 1.32. The van der Waals surface area contributed by atoms with Crippen molar-refractivity contribution in [3.8, 4) is 0 Å².